The molecule has 1 fully saturated rings. The number of hydrogen-bond acceptors (Lipinski definition) is 3. The van der Waals surface area contributed by atoms with Gasteiger partial charge in [0.2, 0.25) is 5.91 Å². The molecule has 0 aromatic heterocycles. The fourth-order valence-electron chi connectivity index (χ4n) is 2.08. The Hall–Kier alpha value is -1.84. The van der Waals surface area contributed by atoms with Crippen molar-refractivity contribution in [3.63, 3.8) is 0 Å². The molecule has 4 heteroatoms. The van der Waals surface area contributed by atoms with Crippen LogP contribution in [0.5, 0.6) is 0 Å². The van der Waals surface area contributed by atoms with Crippen molar-refractivity contribution in [2.24, 2.45) is 5.92 Å². The van der Waals surface area contributed by atoms with Gasteiger partial charge in [-0.15, -0.1) is 0 Å². The SMILES string of the molecule is C[C@@H]1CC(=O)N(C(=O)OCc2ccccc2)[C@@H]1C. The van der Waals surface area contributed by atoms with E-state index in [-0.39, 0.29) is 24.5 Å². The summed E-state index contributed by atoms with van der Waals surface area (Å²) in [6.07, 6.45) is -0.123. The van der Waals surface area contributed by atoms with Crippen LogP contribution < -0.4 is 0 Å². The highest BCUT2D eigenvalue weighted by Gasteiger charge is 2.39. The van der Waals surface area contributed by atoms with Gasteiger partial charge in [0.25, 0.3) is 0 Å². The first-order valence-corrected chi connectivity index (χ1v) is 6.12. The monoisotopic (exact) mass is 247 g/mol. The van der Waals surface area contributed by atoms with E-state index < -0.39 is 6.09 Å². The van der Waals surface area contributed by atoms with Crippen molar-refractivity contribution in [2.75, 3.05) is 0 Å². The Morgan fingerprint density at radius 3 is 2.56 bits per heavy atom. The molecule has 0 spiro atoms. The molecule has 0 unspecified atom stereocenters. The van der Waals surface area contributed by atoms with Crippen LogP contribution in [0.15, 0.2) is 30.3 Å². The second-order valence-electron chi connectivity index (χ2n) is 4.73. The molecule has 1 aliphatic rings. The van der Waals surface area contributed by atoms with E-state index in [0.29, 0.717) is 6.42 Å². The van der Waals surface area contributed by atoms with Gasteiger partial charge in [-0.25, -0.2) is 9.69 Å². The fourth-order valence-corrected chi connectivity index (χ4v) is 2.08. The lowest BCUT2D eigenvalue weighted by Crippen LogP contribution is -2.38. The Labute approximate surface area is 107 Å². The number of rotatable bonds is 2. The number of imide groups is 1. The highest BCUT2D eigenvalue weighted by molar-refractivity contribution is 5.94. The molecule has 18 heavy (non-hydrogen) atoms. The third-order valence-corrected chi connectivity index (χ3v) is 3.40. The maximum Gasteiger partial charge on any atom is 0.417 e. The van der Waals surface area contributed by atoms with Gasteiger partial charge in [0.05, 0.1) is 0 Å². The van der Waals surface area contributed by atoms with Crippen LogP contribution in [0.1, 0.15) is 25.8 Å². The summed E-state index contributed by atoms with van der Waals surface area (Å²) in [6, 6.07) is 9.35. The van der Waals surface area contributed by atoms with E-state index in [4.69, 9.17) is 4.74 Å². The van der Waals surface area contributed by atoms with Gasteiger partial charge in [-0.05, 0) is 18.4 Å². The summed E-state index contributed by atoms with van der Waals surface area (Å²) in [5, 5.41) is 0. The van der Waals surface area contributed by atoms with Gasteiger partial charge in [-0.1, -0.05) is 37.3 Å². The minimum atomic E-state index is -0.541. The van der Waals surface area contributed by atoms with Crippen LogP contribution >= 0.6 is 0 Å². The number of carbonyl (C=O) groups is 2. The third kappa shape index (κ3) is 2.53. The van der Waals surface area contributed by atoms with Gasteiger partial charge >= 0.3 is 6.09 Å². The maximum absolute atomic E-state index is 11.9. The second-order valence-corrected chi connectivity index (χ2v) is 4.73. The number of benzene rings is 1. The van der Waals surface area contributed by atoms with Crippen molar-refractivity contribution in [1.82, 2.24) is 4.90 Å². The van der Waals surface area contributed by atoms with Crippen LogP contribution in [0, 0.1) is 5.92 Å². The van der Waals surface area contributed by atoms with Gasteiger partial charge in [0, 0.05) is 12.5 Å². The fraction of sp³-hybridized carbons (Fsp3) is 0.429. The lowest BCUT2D eigenvalue weighted by Gasteiger charge is -2.20. The first-order chi connectivity index (χ1) is 8.59. The summed E-state index contributed by atoms with van der Waals surface area (Å²) in [5.41, 5.74) is 0.915. The normalized spacial score (nSPS) is 23.2. The lowest BCUT2D eigenvalue weighted by atomic mass is 10.1. The summed E-state index contributed by atoms with van der Waals surface area (Å²) in [6.45, 7) is 4.04. The quantitative estimate of drug-likeness (QED) is 0.807. The molecule has 1 heterocycles. The van der Waals surface area contributed by atoms with Crippen LogP contribution in [0.4, 0.5) is 4.79 Å². The average molecular weight is 247 g/mol. The summed E-state index contributed by atoms with van der Waals surface area (Å²) in [7, 11) is 0. The molecule has 0 radical (unpaired) electrons. The maximum atomic E-state index is 11.9. The minimum absolute atomic E-state index is 0.0826. The van der Waals surface area contributed by atoms with Gasteiger partial charge in [0.15, 0.2) is 0 Å². The largest absolute Gasteiger partial charge is 0.444 e. The lowest BCUT2D eigenvalue weighted by molar-refractivity contribution is -0.127. The molecule has 1 aromatic rings. The predicted molar refractivity (Wildman–Crippen MR) is 66.7 cm³/mol. The van der Waals surface area contributed by atoms with Gasteiger partial charge in [-0.2, -0.15) is 0 Å². The van der Waals surface area contributed by atoms with E-state index in [0.717, 1.165) is 5.56 Å². The predicted octanol–water partition coefficient (Wildman–Crippen LogP) is 2.58. The van der Waals surface area contributed by atoms with Crippen molar-refractivity contribution in [1.29, 1.82) is 0 Å². The molecule has 2 atom stereocenters. The third-order valence-electron chi connectivity index (χ3n) is 3.40. The first kappa shape index (κ1) is 12.6. The summed E-state index contributed by atoms with van der Waals surface area (Å²) in [4.78, 5) is 24.8. The summed E-state index contributed by atoms with van der Waals surface area (Å²) < 4.78 is 5.17. The van der Waals surface area contributed by atoms with Crippen molar-refractivity contribution in [3.05, 3.63) is 35.9 Å². The molecule has 0 bridgehead atoms. The van der Waals surface area contributed by atoms with Crippen molar-refractivity contribution in [2.45, 2.75) is 32.9 Å². The van der Waals surface area contributed by atoms with Crippen LogP contribution in [0.2, 0.25) is 0 Å². The summed E-state index contributed by atoms with van der Waals surface area (Å²) in [5.74, 6) is 0.0508. The number of carbonyl (C=O) groups excluding carboxylic acids is 2. The molecule has 1 saturated heterocycles. The number of nitrogens with zero attached hydrogens (tertiary/aromatic N) is 1. The zero-order valence-corrected chi connectivity index (χ0v) is 10.6. The Morgan fingerprint density at radius 1 is 1.33 bits per heavy atom. The molecule has 4 nitrogen and oxygen atoms in total. The zero-order chi connectivity index (χ0) is 13.1. The minimum Gasteiger partial charge on any atom is -0.444 e. The van der Waals surface area contributed by atoms with Gasteiger partial charge in [-0.3, -0.25) is 4.79 Å². The topological polar surface area (TPSA) is 46.6 Å². The highest BCUT2D eigenvalue weighted by atomic mass is 16.6. The van der Waals surface area contributed by atoms with Gasteiger partial charge < -0.3 is 4.74 Å². The Kier molecular flexibility index (Phi) is 3.65. The molecule has 0 N–H and O–H groups in total. The van der Waals surface area contributed by atoms with Crippen LogP contribution in [-0.4, -0.2) is 22.9 Å². The average Bonchev–Trinajstić information content (AvgIpc) is 2.62. The van der Waals surface area contributed by atoms with E-state index in [9.17, 15) is 9.59 Å². The highest BCUT2D eigenvalue weighted by Crippen LogP contribution is 2.25. The first-order valence-electron chi connectivity index (χ1n) is 6.12. The Bertz CT molecular complexity index is 444. The Morgan fingerprint density at radius 2 is 2.00 bits per heavy atom. The Balaban J connectivity index is 1.94. The molecule has 1 aliphatic heterocycles. The van der Waals surface area contributed by atoms with E-state index in [1.165, 1.54) is 4.90 Å². The van der Waals surface area contributed by atoms with Crippen molar-refractivity contribution >= 4 is 12.0 Å². The standard InChI is InChI=1S/C14H17NO3/c1-10-8-13(16)15(11(10)2)14(17)18-9-12-6-4-3-5-7-12/h3-7,10-11H,8-9H2,1-2H3/t10-,11-/m1/s1. The van der Waals surface area contributed by atoms with E-state index in [2.05, 4.69) is 0 Å². The van der Waals surface area contributed by atoms with Crippen LogP contribution in [-0.2, 0) is 16.1 Å². The van der Waals surface area contributed by atoms with Crippen molar-refractivity contribution < 1.29 is 14.3 Å². The smallest absolute Gasteiger partial charge is 0.417 e. The van der Waals surface area contributed by atoms with Crippen LogP contribution in [0.25, 0.3) is 0 Å². The van der Waals surface area contributed by atoms with Crippen molar-refractivity contribution in [3.8, 4) is 0 Å². The number of ether oxygens (including phenoxy) is 1. The molecule has 2 rings (SSSR count). The van der Waals surface area contributed by atoms with Gasteiger partial charge in [0.1, 0.15) is 6.61 Å². The molecule has 96 valence electrons. The van der Waals surface area contributed by atoms with Crippen LogP contribution in [0.3, 0.4) is 0 Å². The molecule has 0 aliphatic carbocycles. The van der Waals surface area contributed by atoms with E-state index in [1.54, 1.807) is 0 Å². The molecule has 2 amide bonds. The number of amides is 2. The molecular formula is C14H17NO3. The molecular weight excluding hydrogens is 230 g/mol. The molecule has 0 saturated carbocycles. The van der Waals surface area contributed by atoms with E-state index in [1.807, 2.05) is 44.2 Å². The zero-order valence-electron chi connectivity index (χ0n) is 10.6. The molecule has 1 aromatic carbocycles. The number of likely N-dealkylation sites (tertiary alicyclic amines) is 1. The van der Waals surface area contributed by atoms with E-state index >= 15 is 0 Å². The summed E-state index contributed by atoms with van der Waals surface area (Å²) >= 11 is 0. The number of hydrogen-bond donors (Lipinski definition) is 0. The second kappa shape index (κ2) is 5.21.